The molecule has 1 heterocycles. The number of amides is 1. The second-order valence-electron chi connectivity index (χ2n) is 7.05. The van der Waals surface area contributed by atoms with Gasteiger partial charge < -0.3 is 10.2 Å². The minimum Gasteiger partial charge on any atom is -0.369 e. The Morgan fingerprint density at radius 3 is 2.30 bits per heavy atom. The molecule has 1 aliphatic rings. The summed E-state index contributed by atoms with van der Waals surface area (Å²) in [6, 6.07) is 18.8. The molecular weight excluding hydrogens is 334 g/mol. The smallest absolute Gasteiger partial charge is 0.250 e. The van der Waals surface area contributed by atoms with E-state index in [-0.39, 0.29) is 5.91 Å². The number of piperazine rings is 1. The minimum absolute atomic E-state index is 0.0286. The van der Waals surface area contributed by atoms with Crippen molar-refractivity contribution in [2.45, 2.75) is 26.8 Å². The summed E-state index contributed by atoms with van der Waals surface area (Å²) in [6.07, 6.45) is 2.81. The fraction of sp³-hybridized carbons (Fsp3) is 0.348. The molecule has 1 aliphatic heterocycles. The summed E-state index contributed by atoms with van der Waals surface area (Å²) in [7, 11) is 0. The molecule has 0 unspecified atom stereocenters. The summed E-state index contributed by atoms with van der Waals surface area (Å²) >= 11 is 0. The second-order valence-corrected chi connectivity index (χ2v) is 7.05. The fourth-order valence-electron chi connectivity index (χ4n) is 3.39. The highest BCUT2D eigenvalue weighted by molar-refractivity contribution is 6.03. The van der Waals surface area contributed by atoms with Gasteiger partial charge in [-0.1, -0.05) is 43.3 Å². The Labute approximate surface area is 162 Å². The molecule has 2 aromatic carbocycles. The summed E-state index contributed by atoms with van der Waals surface area (Å²) < 4.78 is 0. The third-order valence-corrected chi connectivity index (χ3v) is 4.98. The first-order chi connectivity index (χ1) is 13.2. The highest BCUT2D eigenvalue weighted by atomic mass is 16.1. The summed E-state index contributed by atoms with van der Waals surface area (Å²) in [5.74, 6) is -0.0286. The molecule has 3 rings (SSSR count). The van der Waals surface area contributed by atoms with Crippen LogP contribution in [0.2, 0.25) is 0 Å². The molecule has 1 amide bonds. The normalized spacial score (nSPS) is 15.6. The Kier molecular flexibility index (Phi) is 6.66. The van der Waals surface area contributed by atoms with Gasteiger partial charge in [0.2, 0.25) is 0 Å². The Balaban J connectivity index is 1.51. The van der Waals surface area contributed by atoms with E-state index in [1.165, 1.54) is 11.3 Å². The highest BCUT2D eigenvalue weighted by Crippen LogP contribution is 2.20. The van der Waals surface area contributed by atoms with Crippen LogP contribution < -0.4 is 10.2 Å². The van der Waals surface area contributed by atoms with E-state index in [1.54, 1.807) is 0 Å². The van der Waals surface area contributed by atoms with Gasteiger partial charge in [0.05, 0.1) is 0 Å². The third-order valence-electron chi connectivity index (χ3n) is 4.98. The first kappa shape index (κ1) is 19.2. The van der Waals surface area contributed by atoms with Crippen LogP contribution in [0.15, 0.2) is 66.2 Å². The van der Waals surface area contributed by atoms with Crippen molar-refractivity contribution in [3.63, 3.8) is 0 Å². The van der Waals surface area contributed by atoms with Gasteiger partial charge in [-0.3, -0.25) is 9.69 Å². The number of rotatable bonds is 6. The molecule has 0 spiro atoms. The van der Waals surface area contributed by atoms with Crippen LogP contribution in [0.3, 0.4) is 0 Å². The third kappa shape index (κ3) is 5.44. The molecule has 0 aromatic heterocycles. The van der Waals surface area contributed by atoms with Crippen molar-refractivity contribution < 1.29 is 4.79 Å². The molecule has 27 heavy (non-hydrogen) atoms. The second kappa shape index (κ2) is 9.38. The Hall–Kier alpha value is -2.59. The molecule has 0 aliphatic carbocycles. The van der Waals surface area contributed by atoms with E-state index in [2.05, 4.69) is 57.6 Å². The molecule has 0 bridgehead atoms. The van der Waals surface area contributed by atoms with Crippen LogP contribution in [0.5, 0.6) is 0 Å². The number of allylic oxidation sites excluding steroid dienone is 1. The molecular formula is C23H29N3O. The van der Waals surface area contributed by atoms with E-state index in [1.807, 2.05) is 32.1 Å². The topological polar surface area (TPSA) is 35.6 Å². The maximum atomic E-state index is 12.1. The van der Waals surface area contributed by atoms with Gasteiger partial charge in [0, 0.05) is 49.7 Å². The van der Waals surface area contributed by atoms with Gasteiger partial charge in [-0.2, -0.15) is 0 Å². The zero-order valence-corrected chi connectivity index (χ0v) is 16.3. The van der Waals surface area contributed by atoms with Crippen molar-refractivity contribution in [2.75, 3.05) is 36.4 Å². The average molecular weight is 364 g/mol. The van der Waals surface area contributed by atoms with Crippen molar-refractivity contribution >= 4 is 17.3 Å². The van der Waals surface area contributed by atoms with Crippen LogP contribution >= 0.6 is 0 Å². The molecule has 4 nitrogen and oxygen atoms in total. The molecule has 1 N–H and O–H groups in total. The van der Waals surface area contributed by atoms with Crippen molar-refractivity contribution in [1.82, 2.24) is 4.90 Å². The monoisotopic (exact) mass is 363 g/mol. The van der Waals surface area contributed by atoms with Gasteiger partial charge in [-0.15, -0.1) is 0 Å². The minimum atomic E-state index is -0.0286. The first-order valence-corrected chi connectivity index (χ1v) is 9.75. The average Bonchev–Trinajstić information content (AvgIpc) is 2.70. The number of nitrogens with zero attached hydrogens (tertiary/aromatic N) is 2. The van der Waals surface area contributed by atoms with E-state index in [4.69, 9.17) is 0 Å². The summed E-state index contributed by atoms with van der Waals surface area (Å²) in [4.78, 5) is 17.0. The molecule has 0 atom stereocenters. The molecule has 0 saturated carbocycles. The zero-order chi connectivity index (χ0) is 19.1. The molecule has 142 valence electrons. The van der Waals surface area contributed by atoms with Gasteiger partial charge in [0.1, 0.15) is 0 Å². The van der Waals surface area contributed by atoms with Gasteiger partial charge in [-0.25, -0.2) is 0 Å². The van der Waals surface area contributed by atoms with E-state index in [0.717, 1.165) is 50.4 Å². The van der Waals surface area contributed by atoms with E-state index >= 15 is 0 Å². The zero-order valence-electron chi connectivity index (χ0n) is 16.3. The van der Waals surface area contributed by atoms with Gasteiger partial charge in [0.15, 0.2) is 0 Å². The van der Waals surface area contributed by atoms with Crippen LogP contribution in [-0.4, -0.2) is 37.0 Å². The summed E-state index contributed by atoms with van der Waals surface area (Å²) in [6.45, 7) is 9.08. The van der Waals surface area contributed by atoms with Gasteiger partial charge in [-0.05, 0) is 43.2 Å². The molecule has 1 saturated heterocycles. The quantitative estimate of drug-likeness (QED) is 0.777. The first-order valence-electron chi connectivity index (χ1n) is 9.75. The van der Waals surface area contributed by atoms with Crippen LogP contribution in [0.25, 0.3) is 0 Å². The number of hydrogen-bond acceptors (Lipinski definition) is 3. The van der Waals surface area contributed by atoms with Crippen molar-refractivity contribution in [3.8, 4) is 0 Å². The van der Waals surface area contributed by atoms with Crippen molar-refractivity contribution in [2.24, 2.45) is 0 Å². The Bertz CT molecular complexity index is 760. The van der Waals surface area contributed by atoms with E-state index in [0.29, 0.717) is 0 Å². The summed E-state index contributed by atoms with van der Waals surface area (Å²) in [5, 5.41) is 2.96. The largest absolute Gasteiger partial charge is 0.369 e. The van der Waals surface area contributed by atoms with E-state index in [9.17, 15) is 4.79 Å². The van der Waals surface area contributed by atoms with E-state index < -0.39 is 0 Å². The molecule has 1 fully saturated rings. The lowest BCUT2D eigenvalue weighted by molar-refractivity contribution is -0.112. The standard InChI is InChI=1S/C23H29N3O/c1-3-7-19(2)23(27)24-21-10-12-22(13-11-21)26-16-14-25(15-17-26)18-20-8-5-4-6-9-20/h4-13H,3,14-18H2,1-2H3,(H,24,27)/b19-7-. The Morgan fingerprint density at radius 1 is 1.00 bits per heavy atom. The van der Waals surface area contributed by atoms with Crippen LogP contribution in [0.1, 0.15) is 25.8 Å². The predicted molar refractivity (Wildman–Crippen MR) is 113 cm³/mol. The number of carbonyl (C=O) groups excluding carboxylic acids is 1. The SMILES string of the molecule is CC/C=C(/C)C(=O)Nc1ccc(N2CCN(Cc3ccccc3)CC2)cc1. The molecule has 4 heteroatoms. The lowest BCUT2D eigenvalue weighted by atomic mass is 10.2. The fourth-order valence-corrected chi connectivity index (χ4v) is 3.39. The Morgan fingerprint density at radius 2 is 1.67 bits per heavy atom. The number of hydrogen-bond donors (Lipinski definition) is 1. The van der Waals surface area contributed by atoms with Crippen LogP contribution in [-0.2, 0) is 11.3 Å². The van der Waals surface area contributed by atoms with Crippen molar-refractivity contribution in [3.05, 3.63) is 71.8 Å². The number of benzene rings is 2. The number of anilines is 2. The maximum Gasteiger partial charge on any atom is 0.250 e. The van der Waals surface area contributed by atoms with Crippen molar-refractivity contribution in [1.29, 1.82) is 0 Å². The van der Waals surface area contributed by atoms with Crippen LogP contribution in [0, 0.1) is 0 Å². The molecule has 0 radical (unpaired) electrons. The highest BCUT2D eigenvalue weighted by Gasteiger charge is 2.17. The number of nitrogens with one attached hydrogen (secondary N) is 1. The maximum absolute atomic E-state index is 12.1. The molecule has 2 aromatic rings. The van der Waals surface area contributed by atoms with Gasteiger partial charge >= 0.3 is 0 Å². The van der Waals surface area contributed by atoms with Crippen LogP contribution in [0.4, 0.5) is 11.4 Å². The lowest BCUT2D eigenvalue weighted by Crippen LogP contribution is -2.45. The lowest BCUT2D eigenvalue weighted by Gasteiger charge is -2.36. The summed E-state index contributed by atoms with van der Waals surface area (Å²) in [5.41, 5.74) is 4.19. The number of carbonyl (C=O) groups is 1. The predicted octanol–water partition coefficient (Wildman–Crippen LogP) is 4.30. The van der Waals surface area contributed by atoms with Gasteiger partial charge in [0.25, 0.3) is 5.91 Å².